The third kappa shape index (κ3) is 2.65. The topological polar surface area (TPSA) is 26.3 Å². The van der Waals surface area contributed by atoms with Gasteiger partial charge in [-0.3, -0.25) is 4.79 Å². The van der Waals surface area contributed by atoms with E-state index in [9.17, 15) is 13.6 Å². The molecule has 0 saturated carbocycles. The first-order valence-electron chi connectivity index (χ1n) is 4.98. The fraction of sp³-hybridized carbons (Fsp3) is 0. The van der Waals surface area contributed by atoms with E-state index in [0.29, 0.717) is 6.29 Å². The van der Waals surface area contributed by atoms with Crippen LogP contribution >= 0.6 is 11.6 Å². The Morgan fingerprint density at radius 1 is 1.00 bits per heavy atom. The molecule has 0 aliphatic carbocycles. The first-order chi connectivity index (χ1) is 8.60. The molecule has 0 atom stereocenters. The zero-order chi connectivity index (χ0) is 13.1. The Balaban J connectivity index is 2.36. The highest BCUT2D eigenvalue weighted by molar-refractivity contribution is 6.32. The second-order valence-electron chi connectivity index (χ2n) is 3.48. The third-order valence-electron chi connectivity index (χ3n) is 2.21. The van der Waals surface area contributed by atoms with Crippen LogP contribution in [0, 0.1) is 11.6 Å². The van der Waals surface area contributed by atoms with Crippen molar-refractivity contribution in [3.8, 4) is 11.5 Å². The van der Waals surface area contributed by atoms with Gasteiger partial charge in [0, 0.05) is 0 Å². The van der Waals surface area contributed by atoms with E-state index in [1.54, 1.807) is 0 Å². The monoisotopic (exact) mass is 268 g/mol. The number of rotatable bonds is 3. The maximum absolute atomic E-state index is 12.9. The van der Waals surface area contributed by atoms with Crippen LogP contribution in [-0.2, 0) is 0 Å². The summed E-state index contributed by atoms with van der Waals surface area (Å²) in [5.41, 5.74) is 0.0513. The average Bonchev–Trinajstić information content (AvgIpc) is 2.34. The van der Waals surface area contributed by atoms with Crippen LogP contribution in [0.4, 0.5) is 8.78 Å². The summed E-state index contributed by atoms with van der Waals surface area (Å²) in [6.07, 6.45) is 0.468. The Bertz CT molecular complexity index is 600. The molecule has 0 saturated heterocycles. The zero-order valence-corrected chi connectivity index (χ0v) is 9.75. The zero-order valence-electron chi connectivity index (χ0n) is 8.99. The first kappa shape index (κ1) is 12.5. The van der Waals surface area contributed by atoms with E-state index < -0.39 is 11.6 Å². The van der Waals surface area contributed by atoms with Crippen molar-refractivity contribution in [2.75, 3.05) is 0 Å². The molecule has 0 aliphatic rings. The van der Waals surface area contributed by atoms with E-state index in [4.69, 9.17) is 16.3 Å². The number of halogens is 3. The lowest BCUT2D eigenvalue weighted by atomic mass is 10.2. The maximum atomic E-state index is 12.9. The van der Waals surface area contributed by atoms with E-state index in [-0.39, 0.29) is 22.1 Å². The molecule has 0 bridgehead atoms. The van der Waals surface area contributed by atoms with Crippen LogP contribution in [0.15, 0.2) is 36.4 Å². The number of ether oxygens (including phenoxy) is 1. The van der Waals surface area contributed by atoms with Crippen molar-refractivity contribution in [1.29, 1.82) is 0 Å². The summed E-state index contributed by atoms with van der Waals surface area (Å²) in [5.74, 6) is -0.704. The van der Waals surface area contributed by atoms with Crippen molar-refractivity contribution in [1.82, 2.24) is 0 Å². The summed E-state index contributed by atoms with van der Waals surface area (Å²) < 4.78 is 31.1. The van der Waals surface area contributed by atoms with E-state index in [2.05, 4.69) is 0 Å². The Morgan fingerprint density at radius 3 is 2.22 bits per heavy atom. The van der Waals surface area contributed by atoms with Crippen molar-refractivity contribution in [2.45, 2.75) is 0 Å². The maximum Gasteiger partial charge on any atom is 0.153 e. The smallest absolute Gasteiger partial charge is 0.153 e. The Kier molecular flexibility index (Phi) is 3.58. The number of hydrogen-bond acceptors (Lipinski definition) is 2. The Morgan fingerprint density at radius 2 is 1.61 bits per heavy atom. The number of benzene rings is 2. The van der Waals surface area contributed by atoms with E-state index in [1.807, 2.05) is 0 Å². The molecule has 2 rings (SSSR count). The summed E-state index contributed by atoms with van der Waals surface area (Å²) in [5, 5.41) is 0.0659. The molecule has 2 aromatic carbocycles. The molecule has 0 amide bonds. The highest BCUT2D eigenvalue weighted by Crippen LogP contribution is 2.31. The summed E-state index contributed by atoms with van der Waals surface area (Å²) in [7, 11) is 0. The second kappa shape index (κ2) is 5.14. The van der Waals surface area contributed by atoms with Crippen molar-refractivity contribution in [2.24, 2.45) is 0 Å². The molecular formula is C13H7ClF2O2. The van der Waals surface area contributed by atoms with Gasteiger partial charge >= 0.3 is 0 Å². The van der Waals surface area contributed by atoms with Crippen molar-refractivity contribution < 1.29 is 18.3 Å². The van der Waals surface area contributed by atoms with Crippen LogP contribution in [-0.4, -0.2) is 6.29 Å². The SMILES string of the molecule is O=Cc1cc(F)ccc1Oc1ccc(F)cc1Cl. The first-order valence-corrected chi connectivity index (χ1v) is 5.35. The average molecular weight is 269 g/mol. The highest BCUT2D eigenvalue weighted by Gasteiger charge is 2.09. The minimum absolute atomic E-state index is 0.0513. The summed E-state index contributed by atoms with van der Waals surface area (Å²) in [6, 6.07) is 7.08. The largest absolute Gasteiger partial charge is 0.455 e. The highest BCUT2D eigenvalue weighted by atomic mass is 35.5. The Hall–Kier alpha value is -1.94. The van der Waals surface area contributed by atoms with Gasteiger partial charge in [0.1, 0.15) is 23.1 Å². The lowest BCUT2D eigenvalue weighted by Gasteiger charge is -2.09. The van der Waals surface area contributed by atoms with Crippen molar-refractivity contribution in [3.63, 3.8) is 0 Å². The molecule has 5 heteroatoms. The minimum Gasteiger partial charge on any atom is -0.455 e. The summed E-state index contributed by atoms with van der Waals surface area (Å²) >= 11 is 5.78. The van der Waals surface area contributed by atoms with Gasteiger partial charge in [-0.15, -0.1) is 0 Å². The second-order valence-corrected chi connectivity index (χ2v) is 3.88. The molecule has 92 valence electrons. The quantitative estimate of drug-likeness (QED) is 0.779. The molecule has 2 nitrogen and oxygen atoms in total. The summed E-state index contributed by atoms with van der Waals surface area (Å²) in [6.45, 7) is 0. The summed E-state index contributed by atoms with van der Waals surface area (Å²) in [4.78, 5) is 10.8. The molecule has 0 heterocycles. The molecule has 0 aliphatic heterocycles. The van der Waals surface area contributed by atoms with Crippen LogP contribution in [0.25, 0.3) is 0 Å². The van der Waals surface area contributed by atoms with Gasteiger partial charge in [-0.05, 0) is 36.4 Å². The van der Waals surface area contributed by atoms with Crippen molar-refractivity contribution >= 4 is 17.9 Å². The third-order valence-corrected chi connectivity index (χ3v) is 2.51. The standard InChI is InChI=1S/C13H7ClF2O2/c14-11-6-10(16)2-4-13(11)18-12-3-1-9(15)5-8(12)7-17/h1-7H. The number of carbonyl (C=O) groups excluding carboxylic acids is 1. The number of carbonyl (C=O) groups is 1. The van der Waals surface area contributed by atoms with E-state index in [1.165, 1.54) is 18.2 Å². The Labute approximate surface area is 107 Å². The number of aldehydes is 1. The minimum atomic E-state index is -0.547. The predicted octanol–water partition coefficient (Wildman–Crippen LogP) is 4.22. The molecule has 0 N–H and O–H groups in total. The predicted molar refractivity (Wildman–Crippen MR) is 63.3 cm³/mol. The van der Waals surface area contributed by atoms with E-state index >= 15 is 0 Å². The van der Waals surface area contributed by atoms with Gasteiger partial charge in [0.05, 0.1) is 10.6 Å². The molecule has 18 heavy (non-hydrogen) atoms. The van der Waals surface area contributed by atoms with Gasteiger partial charge in [-0.2, -0.15) is 0 Å². The lowest BCUT2D eigenvalue weighted by Crippen LogP contribution is -1.92. The van der Waals surface area contributed by atoms with Gasteiger partial charge in [-0.1, -0.05) is 11.6 Å². The van der Waals surface area contributed by atoms with Gasteiger partial charge in [0.25, 0.3) is 0 Å². The van der Waals surface area contributed by atoms with Crippen LogP contribution < -0.4 is 4.74 Å². The molecule has 0 unspecified atom stereocenters. The van der Waals surface area contributed by atoms with Gasteiger partial charge in [0.2, 0.25) is 0 Å². The van der Waals surface area contributed by atoms with Gasteiger partial charge in [0.15, 0.2) is 6.29 Å². The fourth-order valence-corrected chi connectivity index (χ4v) is 1.59. The molecule has 0 radical (unpaired) electrons. The van der Waals surface area contributed by atoms with Crippen LogP contribution in [0.2, 0.25) is 5.02 Å². The molecular weight excluding hydrogens is 262 g/mol. The normalized spacial score (nSPS) is 10.2. The van der Waals surface area contributed by atoms with Crippen LogP contribution in [0.1, 0.15) is 10.4 Å². The molecule has 0 fully saturated rings. The molecule has 0 aromatic heterocycles. The fourth-order valence-electron chi connectivity index (χ4n) is 1.38. The van der Waals surface area contributed by atoms with E-state index in [0.717, 1.165) is 18.2 Å². The number of hydrogen-bond donors (Lipinski definition) is 0. The lowest BCUT2D eigenvalue weighted by molar-refractivity contribution is 0.112. The van der Waals surface area contributed by atoms with Crippen LogP contribution in [0.3, 0.4) is 0 Å². The van der Waals surface area contributed by atoms with Crippen molar-refractivity contribution in [3.05, 3.63) is 58.6 Å². The molecule has 0 spiro atoms. The van der Waals surface area contributed by atoms with Gasteiger partial charge < -0.3 is 4.74 Å². The van der Waals surface area contributed by atoms with Gasteiger partial charge in [-0.25, -0.2) is 8.78 Å². The molecule has 2 aromatic rings. The van der Waals surface area contributed by atoms with Crippen LogP contribution in [0.5, 0.6) is 11.5 Å².